The molecule has 186 valence electrons. The van der Waals surface area contributed by atoms with Crippen molar-refractivity contribution in [2.45, 2.75) is 33.3 Å². The van der Waals surface area contributed by atoms with E-state index in [4.69, 9.17) is 9.72 Å². The first-order chi connectivity index (χ1) is 18.0. The molecule has 0 spiro atoms. The van der Waals surface area contributed by atoms with Gasteiger partial charge in [0, 0.05) is 18.4 Å². The van der Waals surface area contributed by atoms with E-state index in [0.29, 0.717) is 18.2 Å². The average Bonchev–Trinajstić information content (AvgIpc) is 2.92. The zero-order valence-electron chi connectivity index (χ0n) is 21.6. The lowest BCUT2D eigenvalue weighted by molar-refractivity contribution is 0.306. The fourth-order valence-electron chi connectivity index (χ4n) is 4.19. The van der Waals surface area contributed by atoms with Gasteiger partial charge in [-0.3, -0.25) is 0 Å². The lowest BCUT2D eigenvalue weighted by Gasteiger charge is -2.24. The van der Waals surface area contributed by atoms with Crippen LogP contribution in [0.3, 0.4) is 0 Å². The lowest BCUT2D eigenvalue weighted by atomic mass is 10.1. The Labute approximate surface area is 218 Å². The smallest absolute Gasteiger partial charge is 0.164 e. The first-order valence-corrected chi connectivity index (χ1v) is 12.5. The van der Waals surface area contributed by atoms with Crippen molar-refractivity contribution in [2.75, 3.05) is 17.3 Å². The van der Waals surface area contributed by atoms with E-state index in [2.05, 4.69) is 90.5 Å². The largest absolute Gasteiger partial charge is 0.489 e. The molecule has 0 aliphatic carbocycles. The number of ether oxygens (including phenoxy) is 1. The molecular weight excluding hydrogens is 458 g/mol. The molecule has 0 bridgehead atoms. The quantitative estimate of drug-likeness (QED) is 0.243. The monoisotopic (exact) mass is 489 g/mol. The van der Waals surface area contributed by atoms with Crippen LogP contribution in [-0.2, 0) is 6.61 Å². The highest BCUT2D eigenvalue weighted by Gasteiger charge is 2.14. The summed E-state index contributed by atoms with van der Waals surface area (Å²) in [6.45, 7) is 6.89. The predicted molar refractivity (Wildman–Crippen MR) is 151 cm³/mol. The summed E-state index contributed by atoms with van der Waals surface area (Å²) in [5, 5.41) is 4.44. The maximum atomic E-state index is 5.96. The highest BCUT2D eigenvalue weighted by molar-refractivity contribution is 5.91. The van der Waals surface area contributed by atoms with Crippen molar-refractivity contribution in [2.24, 2.45) is 0 Å². The van der Waals surface area contributed by atoms with E-state index < -0.39 is 0 Å². The van der Waals surface area contributed by atoms with Crippen LogP contribution in [0.4, 0.5) is 22.9 Å². The maximum absolute atomic E-state index is 5.96. The molecule has 6 nitrogen and oxygen atoms in total. The normalized spacial score (nSPS) is 11.1. The summed E-state index contributed by atoms with van der Waals surface area (Å²) >= 11 is 0. The second kappa shape index (κ2) is 10.7. The molecule has 0 unspecified atom stereocenters. The fourth-order valence-corrected chi connectivity index (χ4v) is 4.19. The summed E-state index contributed by atoms with van der Waals surface area (Å²) in [6.07, 6.45) is 1.56. The minimum atomic E-state index is 0.336. The number of benzene rings is 3. The standard InChI is InChI=1S/C31H31N5O/c1-21(2)27-16-15-26-30(34-27)32-20-33-31(26)35-28-18-22(3)10-17-29(28)36(4)24-11-13-25(14-12-24)37-19-23-8-6-5-7-9-23/h5-18,20-21H,19H2,1-4H3,(H,32,33,34,35). The van der Waals surface area contributed by atoms with Crippen molar-refractivity contribution in [1.29, 1.82) is 0 Å². The summed E-state index contributed by atoms with van der Waals surface area (Å²) in [5.74, 6) is 1.91. The molecule has 37 heavy (non-hydrogen) atoms. The SMILES string of the molecule is Cc1ccc(N(C)c2ccc(OCc3ccccc3)cc2)c(Nc2ncnc3nc(C(C)C)ccc23)c1. The summed E-state index contributed by atoms with van der Waals surface area (Å²) in [7, 11) is 2.06. The second-order valence-electron chi connectivity index (χ2n) is 9.46. The molecule has 0 radical (unpaired) electrons. The van der Waals surface area contributed by atoms with Gasteiger partial charge in [0.05, 0.1) is 16.8 Å². The number of aryl methyl sites for hydroxylation is 1. The van der Waals surface area contributed by atoms with Crippen LogP contribution in [-0.4, -0.2) is 22.0 Å². The minimum absolute atomic E-state index is 0.336. The Morgan fingerprint density at radius 1 is 0.892 bits per heavy atom. The number of anilines is 4. The molecule has 5 aromatic rings. The van der Waals surface area contributed by atoms with Crippen LogP contribution in [0.2, 0.25) is 0 Å². The van der Waals surface area contributed by atoms with E-state index in [1.54, 1.807) is 6.33 Å². The zero-order valence-corrected chi connectivity index (χ0v) is 21.6. The van der Waals surface area contributed by atoms with E-state index in [1.807, 2.05) is 42.5 Å². The first kappa shape index (κ1) is 24.3. The van der Waals surface area contributed by atoms with E-state index >= 15 is 0 Å². The van der Waals surface area contributed by atoms with Crippen LogP contribution in [0.15, 0.2) is 91.3 Å². The van der Waals surface area contributed by atoms with E-state index in [9.17, 15) is 0 Å². The summed E-state index contributed by atoms with van der Waals surface area (Å²) in [6, 6.07) is 28.8. The lowest BCUT2D eigenvalue weighted by Crippen LogP contribution is -2.12. The number of fused-ring (bicyclic) bond motifs is 1. The molecule has 3 aromatic carbocycles. The van der Waals surface area contributed by atoms with Crippen LogP contribution in [0, 0.1) is 6.92 Å². The summed E-state index contributed by atoms with van der Waals surface area (Å²) in [5.41, 5.74) is 7.05. The molecule has 2 heterocycles. The van der Waals surface area contributed by atoms with Gasteiger partial charge in [-0.05, 0) is 72.5 Å². The number of pyridine rings is 1. The Bertz CT molecular complexity index is 1500. The molecule has 0 atom stereocenters. The Morgan fingerprint density at radius 3 is 2.43 bits per heavy atom. The second-order valence-corrected chi connectivity index (χ2v) is 9.46. The summed E-state index contributed by atoms with van der Waals surface area (Å²) < 4.78 is 5.96. The molecule has 5 rings (SSSR count). The number of nitrogens with zero attached hydrogens (tertiary/aromatic N) is 4. The van der Waals surface area contributed by atoms with Crippen LogP contribution >= 0.6 is 0 Å². The van der Waals surface area contributed by atoms with Gasteiger partial charge in [-0.2, -0.15) is 0 Å². The Morgan fingerprint density at radius 2 is 1.68 bits per heavy atom. The van der Waals surface area contributed by atoms with Crippen molar-refractivity contribution < 1.29 is 4.74 Å². The highest BCUT2D eigenvalue weighted by atomic mass is 16.5. The van der Waals surface area contributed by atoms with Crippen molar-refractivity contribution in [3.8, 4) is 5.75 Å². The van der Waals surface area contributed by atoms with Crippen LogP contribution in [0.1, 0.15) is 36.6 Å². The molecule has 0 fully saturated rings. The van der Waals surface area contributed by atoms with Gasteiger partial charge >= 0.3 is 0 Å². The number of nitrogens with one attached hydrogen (secondary N) is 1. The zero-order chi connectivity index (χ0) is 25.8. The topological polar surface area (TPSA) is 63.2 Å². The Balaban J connectivity index is 1.39. The van der Waals surface area contributed by atoms with Crippen LogP contribution < -0.4 is 15.0 Å². The van der Waals surface area contributed by atoms with Gasteiger partial charge in [0.1, 0.15) is 24.5 Å². The average molecular weight is 490 g/mol. The third-order valence-electron chi connectivity index (χ3n) is 6.35. The van der Waals surface area contributed by atoms with Crippen LogP contribution in [0.25, 0.3) is 11.0 Å². The Kier molecular flexibility index (Phi) is 6.99. The molecule has 0 amide bonds. The molecule has 6 heteroatoms. The first-order valence-electron chi connectivity index (χ1n) is 12.5. The van der Waals surface area contributed by atoms with Crippen molar-refractivity contribution in [3.63, 3.8) is 0 Å². The van der Waals surface area contributed by atoms with Gasteiger partial charge in [-0.15, -0.1) is 0 Å². The fraction of sp³-hybridized carbons (Fsp3) is 0.194. The third-order valence-corrected chi connectivity index (χ3v) is 6.35. The molecule has 0 aliphatic heterocycles. The number of rotatable bonds is 8. The van der Waals surface area contributed by atoms with Crippen molar-refractivity contribution >= 4 is 33.9 Å². The minimum Gasteiger partial charge on any atom is -0.489 e. The molecule has 0 aliphatic rings. The predicted octanol–water partition coefficient (Wildman–Crippen LogP) is 7.55. The molecular formula is C31H31N5O. The van der Waals surface area contributed by atoms with Crippen LogP contribution in [0.5, 0.6) is 5.75 Å². The Hall–Kier alpha value is -4.45. The number of hydrogen-bond donors (Lipinski definition) is 1. The molecule has 1 N–H and O–H groups in total. The molecule has 2 aromatic heterocycles. The highest BCUT2D eigenvalue weighted by Crippen LogP contribution is 2.35. The molecule has 0 saturated heterocycles. The van der Waals surface area contributed by atoms with Gasteiger partial charge in [0.15, 0.2) is 5.65 Å². The maximum Gasteiger partial charge on any atom is 0.164 e. The number of hydrogen-bond acceptors (Lipinski definition) is 6. The van der Waals surface area contributed by atoms with E-state index in [0.717, 1.165) is 50.8 Å². The molecule has 0 saturated carbocycles. The van der Waals surface area contributed by atoms with E-state index in [1.165, 1.54) is 0 Å². The van der Waals surface area contributed by atoms with Gasteiger partial charge in [-0.1, -0.05) is 50.2 Å². The van der Waals surface area contributed by atoms with Gasteiger partial charge in [-0.25, -0.2) is 15.0 Å². The van der Waals surface area contributed by atoms with Gasteiger partial charge < -0.3 is 15.0 Å². The van der Waals surface area contributed by atoms with Gasteiger partial charge in [0.25, 0.3) is 0 Å². The van der Waals surface area contributed by atoms with Gasteiger partial charge in [0.2, 0.25) is 0 Å². The van der Waals surface area contributed by atoms with E-state index in [-0.39, 0.29) is 0 Å². The summed E-state index contributed by atoms with van der Waals surface area (Å²) in [4.78, 5) is 15.8. The number of aromatic nitrogens is 3. The third kappa shape index (κ3) is 5.54. The van der Waals surface area contributed by atoms with Crippen molar-refractivity contribution in [1.82, 2.24) is 15.0 Å². The van der Waals surface area contributed by atoms with Crippen molar-refractivity contribution in [3.05, 3.63) is 108 Å².